The maximum absolute atomic E-state index is 14.6. The monoisotopic (exact) mass is 413 g/mol. The Morgan fingerprint density at radius 1 is 0.839 bits per heavy atom. The standard InChI is InChI=1S/C25H16FNO4/c26-17-11-5-6-12-18(17)27-22(28)20-19-13-7-1-3-9-15(13)25(24(30)31,21(20)23(27)29)16-10-4-2-8-14(16)19/h1-12,19-21H,(H,30,31)/t19?,20-,21+,25?/m1/s1. The van der Waals surface area contributed by atoms with E-state index in [2.05, 4.69) is 0 Å². The summed E-state index contributed by atoms with van der Waals surface area (Å²) in [6.07, 6.45) is 0. The van der Waals surface area contributed by atoms with E-state index in [1.165, 1.54) is 18.2 Å². The highest BCUT2D eigenvalue weighted by Crippen LogP contribution is 2.64. The van der Waals surface area contributed by atoms with E-state index in [0.717, 1.165) is 16.0 Å². The van der Waals surface area contributed by atoms with Gasteiger partial charge in [0.15, 0.2) is 0 Å². The Morgan fingerprint density at radius 3 is 1.97 bits per heavy atom. The highest BCUT2D eigenvalue weighted by atomic mass is 19.1. The number of halogens is 1. The van der Waals surface area contributed by atoms with E-state index in [-0.39, 0.29) is 5.69 Å². The molecule has 1 saturated heterocycles. The highest BCUT2D eigenvalue weighted by molar-refractivity contribution is 6.25. The van der Waals surface area contributed by atoms with E-state index >= 15 is 0 Å². The van der Waals surface area contributed by atoms with E-state index in [1.807, 2.05) is 24.3 Å². The summed E-state index contributed by atoms with van der Waals surface area (Å²) < 4.78 is 14.6. The van der Waals surface area contributed by atoms with Crippen molar-refractivity contribution < 1.29 is 23.9 Å². The Hall–Kier alpha value is -3.80. The average molecular weight is 413 g/mol. The lowest BCUT2D eigenvalue weighted by Crippen LogP contribution is -2.57. The molecule has 0 saturated carbocycles. The summed E-state index contributed by atoms with van der Waals surface area (Å²) in [4.78, 5) is 41.2. The first-order chi connectivity index (χ1) is 15.0. The molecule has 31 heavy (non-hydrogen) atoms. The van der Waals surface area contributed by atoms with Gasteiger partial charge in [0.1, 0.15) is 11.2 Å². The summed E-state index contributed by atoms with van der Waals surface area (Å²) in [5.74, 6) is -5.63. The molecule has 0 spiro atoms. The number of amides is 2. The van der Waals surface area contributed by atoms with Crippen molar-refractivity contribution in [3.8, 4) is 0 Å². The van der Waals surface area contributed by atoms with E-state index in [4.69, 9.17) is 0 Å². The Labute approximate surface area is 176 Å². The molecular formula is C25H16FNO4. The number of carboxylic acids is 1. The van der Waals surface area contributed by atoms with E-state index < -0.39 is 46.8 Å². The molecule has 5 nitrogen and oxygen atoms in total. The number of imide groups is 1. The predicted molar refractivity (Wildman–Crippen MR) is 109 cm³/mol. The molecular weight excluding hydrogens is 397 g/mol. The molecule has 2 amide bonds. The lowest BCUT2D eigenvalue weighted by Gasteiger charge is -2.51. The number of rotatable bonds is 2. The van der Waals surface area contributed by atoms with Gasteiger partial charge in [-0.3, -0.25) is 14.4 Å². The minimum absolute atomic E-state index is 0.139. The molecule has 7 rings (SSSR count). The first-order valence-corrected chi connectivity index (χ1v) is 10.0. The van der Waals surface area contributed by atoms with Crippen molar-refractivity contribution in [1.29, 1.82) is 0 Å². The number of anilines is 1. The maximum Gasteiger partial charge on any atom is 0.319 e. The van der Waals surface area contributed by atoms with Crippen LogP contribution in [0.5, 0.6) is 0 Å². The SMILES string of the molecule is O=C1[C@@H]2C3c4ccccc4C(C(=O)O)(c4ccccc43)[C@@H]2C(=O)N1c1ccccc1F. The number of carbonyl (C=O) groups excluding carboxylic acids is 2. The van der Waals surface area contributed by atoms with E-state index in [0.29, 0.717) is 11.1 Å². The third kappa shape index (κ3) is 1.93. The second-order valence-electron chi connectivity index (χ2n) is 8.23. The fourth-order valence-electron chi connectivity index (χ4n) is 6.01. The van der Waals surface area contributed by atoms with Crippen molar-refractivity contribution in [1.82, 2.24) is 0 Å². The maximum atomic E-state index is 14.6. The van der Waals surface area contributed by atoms with E-state index in [9.17, 15) is 23.9 Å². The minimum Gasteiger partial charge on any atom is -0.480 e. The van der Waals surface area contributed by atoms with Gasteiger partial charge in [0.2, 0.25) is 11.8 Å². The van der Waals surface area contributed by atoms with E-state index in [1.54, 1.807) is 30.3 Å². The van der Waals surface area contributed by atoms with Crippen LogP contribution in [0.15, 0.2) is 72.8 Å². The number of carbonyl (C=O) groups is 3. The molecule has 1 N–H and O–H groups in total. The van der Waals surface area contributed by atoms with Crippen LogP contribution in [0.4, 0.5) is 10.1 Å². The number of aliphatic carboxylic acids is 1. The van der Waals surface area contributed by atoms with Gasteiger partial charge in [0.05, 0.1) is 17.5 Å². The summed E-state index contributed by atoms with van der Waals surface area (Å²) in [7, 11) is 0. The second kappa shape index (κ2) is 5.88. The van der Waals surface area contributed by atoms with Crippen LogP contribution in [-0.2, 0) is 19.8 Å². The fraction of sp³-hybridized carbons (Fsp3) is 0.160. The molecule has 4 aliphatic rings. The van der Waals surface area contributed by atoms with Gasteiger partial charge in [-0.15, -0.1) is 0 Å². The molecule has 3 aromatic rings. The average Bonchev–Trinajstić information content (AvgIpc) is 3.05. The zero-order valence-electron chi connectivity index (χ0n) is 16.2. The summed E-state index contributed by atoms with van der Waals surface area (Å²) in [5, 5.41) is 10.6. The number of nitrogens with zero attached hydrogens (tertiary/aromatic N) is 1. The van der Waals surface area contributed by atoms with Crippen LogP contribution >= 0.6 is 0 Å². The van der Waals surface area contributed by atoms with Gasteiger partial charge < -0.3 is 5.11 Å². The number of hydrogen-bond donors (Lipinski definition) is 1. The largest absolute Gasteiger partial charge is 0.480 e. The van der Waals surface area contributed by atoms with Crippen LogP contribution in [0.3, 0.4) is 0 Å². The molecule has 3 aliphatic carbocycles. The summed E-state index contributed by atoms with van der Waals surface area (Å²) >= 11 is 0. The summed E-state index contributed by atoms with van der Waals surface area (Å²) in [6, 6.07) is 19.8. The van der Waals surface area contributed by atoms with Gasteiger partial charge in [-0.25, -0.2) is 9.29 Å². The van der Waals surface area contributed by atoms with Crippen molar-refractivity contribution in [2.75, 3.05) is 4.90 Å². The van der Waals surface area contributed by atoms with Crippen LogP contribution in [0.1, 0.15) is 28.2 Å². The van der Waals surface area contributed by atoms with Gasteiger partial charge >= 0.3 is 5.97 Å². The topological polar surface area (TPSA) is 74.7 Å². The molecule has 152 valence electrons. The van der Waals surface area contributed by atoms with Gasteiger partial charge in [0.25, 0.3) is 0 Å². The summed E-state index contributed by atoms with van der Waals surface area (Å²) in [6.45, 7) is 0. The van der Waals surface area contributed by atoms with Crippen molar-refractivity contribution >= 4 is 23.5 Å². The molecule has 0 radical (unpaired) electrons. The molecule has 3 aromatic carbocycles. The minimum atomic E-state index is -1.71. The van der Waals surface area contributed by atoms with Crippen LogP contribution in [0, 0.1) is 17.7 Å². The first kappa shape index (κ1) is 18.0. The molecule has 1 heterocycles. The van der Waals surface area contributed by atoms with Gasteiger partial charge in [0, 0.05) is 5.92 Å². The van der Waals surface area contributed by atoms with Crippen molar-refractivity contribution in [2.24, 2.45) is 11.8 Å². The third-order valence-electron chi connectivity index (χ3n) is 7.05. The van der Waals surface area contributed by atoms with Crippen LogP contribution in [-0.4, -0.2) is 22.9 Å². The third-order valence-corrected chi connectivity index (χ3v) is 7.05. The van der Waals surface area contributed by atoms with Gasteiger partial charge in [-0.05, 0) is 34.4 Å². The van der Waals surface area contributed by atoms with Crippen LogP contribution < -0.4 is 4.90 Å². The number of benzene rings is 3. The Morgan fingerprint density at radius 2 is 1.39 bits per heavy atom. The smallest absolute Gasteiger partial charge is 0.319 e. The Balaban J connectivity index is 1.69. The molecule has 2 bridgehead atoms. The normalized spacial score (nSPS) is 27.6. The lowest BCUT2D eigenvalue weighted by molar-refractivity contribution is -0.149. The number of hydrogen-bond acceptors (Lipinski definition) is 3. The lowest BCUT2D eigenvalue weighted by atomic mass is 9.47. The Bertz CT molecular complexity index is 1270. The summed E-state index contributed by atoms with van der Waals surface area (Å²) in [5.41, 5.74) is 0.690. The molecule has 6 heteroatoms. The number of para-hydroxylation sites is 1. The molecule has 0 unspecified atom stereocenters. The van der Waals surface area contributed by atoms with Crippen LogP contribution in [0.25, 0.3) is 0 Å². The van der Waals surface area contributed by atoms with Crippen molar-refractivity contribution in [3.63, 3.8) is 0 Å². The quantitative estimate of drug-likeness (QED) is 0.653. The molecule has 1 fully saturated rings. The molecule has 2 atom stereocenters. The zero-order valence-corrected chi connectivity index (χ0v) is 16.2. The van der Waals surface area contributed by atoms with Crippen molar-refractivity contribution in [2.45, 2.75) is 11.3 Å². The van der Waals surface area contributed by atoms with Crippen molar-refractivity contribution in [3.05, 3.63) is 101 Å². The number of carboxylic acid groups (broad SMARTS) is 1. The predicted octanol–water partition coefficient (Wildman–Crippen LogP) is 3.46. The molecule has 0 aromatic heterocycles. The Kier molecular flexibility index (Phi) is 3.41. The second-order valence-corrected chi connectivity index (χ2v) is 8.23. The first-order valence-electron chi connectivity index (χ1n) is 10.0. The van der Waals surface area contributed by atoms with Crippen LogP contribution in [0.2, 0.25) is 0 Å². The highest BCUT2D eigenvalue weighted by Gasteiger charge is 2.71. The zero-order chi connectivity index (χ0) is 21.5. The molecule has 1 aliphatic heterocycles. The van der Waals surface area contributed by atoms with Gasteiger partial charge in [-0.1, -0.05) is 60.7 Å². The fourth-order valence-corrected chi connectivity index (χ4v) is 6.01. The van der Waals surface area contributed by atoms with Gasteiger partial charge in [-0.2, -0.15) is 0 Å².